The minimum absolute atomic E-state index is 0.224. The molecule has 31 heavy (non-hydrogen) atoms. The van der Waals surface area contributed by atoms with Crippen LogP contribution < -0.4 is 14.2 Å². The molecule has 0 aromatic heterocycles. The topological polar surface area (TPSA) is 91.3 Å². The highest BCUT2D eigenvalue weighted by molar-refractivity contribution is 5.84. The lowest BCUT2D eigenvalue weighted by molar-refractivity contribution is -0.172. The van der Waals surface area contributed by atoms with E-state index in [1.807, 2.05) is 12.1 Å². The number of aryl methyl sites for hydroxylation is 1. The Balaban J connectivity index is 3.09. The van der Waals surface area contributed by atoms with E-state index in [0.717, 1.165) is 5.56 Å². The molecule has 0 heterocycles. The second-order valence-electron chi connectivity index (χ2n) is 8.72. The maximum Gasteiger partial charge on any atom is 0.310 e. The Bertz CT molecular complexity index is 754. The molecule has 0 amide bonds. The molecule has 174 valence electrons. The first-order valence-corrected chi connectivity index (χ1v) is 10.3. The SMILES string of the molecule is C=CC[C@H](C(=O)OC(C)(C)C)C(C)(CCCc1cc(OC)c(OC)c(OC)c1)C(=O)O. The summed E-state index contributed by atoms with van der Waals surface area (Å²) in [7, 11) is 4.63. The van der Waals surface area contributed by atoms with E-state index in [1.165, 1.54) is 7.11 Å². The minimum Gasteiger partial charge on any atom is -0.493 e. The molecule has 0 radical (unpaired) electrons. The number of rotatable bonds is 12. The van der Waals surface area contributed by atoms with Gasteiger partial charge in [0.25, 0.3) is 0 Å². The first kappa shape index (κ1) is 26.3. The first-order valence-electron chi connectivity index (χ1n) is 10.3. The average Bonchev–Trinajstić information content (AvgIpc) is 2.69. The van der Waals surface area contributed by atoms with Crippen molar-refractivity contribution in [3.8, 4) is 17.2 Å². The lowest BCUT2D eigenvalue weighted by atomic mass is 9.71. The number of carboxylic acid groups (broad SMARTS) is 1. The molecule has 0 saturated carbocycles. The molecule has 1 aromatic rings. The fourth-order valence-electron chi connectivity index (χ4n) is 3.53. The van der Waals surface area contributed by atoms with Crippen molar-refractivity contribution in [2.45, 2.75) is 59.0 Å². The smallest absolute Gasteiger partial charge is 0.310 e. The molecule has 1 unspecified atom stereocenters. The number of benzene rings is 1. The summed E-state index contributed by atoms with van der Waals surface area (Å²) >= 11 is 0. The molecule has 1 aromatic carbocycles. The summed E-state index contributed by atoms with van der Waals surface area (Å²) in [6.07, 6.45) is 3.19. The van der Waals surface area contributed by atoms with Crippen LogP contribution in [0.1, 0.15) is 52.5 Å². The maximum atomic E-state index is 12.8. The van der Waals surface area contributed by atoms with Crippen molar-refractivity contribution in [2.75, 3.05) is 21.3 Å². The van der Waals surface area contributed by atoms with Crippen LogP contribution in [0.5, 0.6) is 17.2 Å². The van der Waals surface area contributed by atoms with E-state index in [4.69, 9.17) is 18.9 Å². The summed E-state index contributed by atoms with van der Waals surface area (Å²) in [5, 5.41) is 10.0. The Labute approximate surface area is 185 Å². The zero-order chi connectivity index (χ0) is 23.8. The quantitative estimate of drug-likeness (QED) is 0.376. The van der Waals surface area contributed by atoms with Gasteiger partial charge in [0.05, 0.1) is 32.7 Å². The number of ether oxygens (including phenoxy) is 4. The summed E-state index contributed by atoms with van der Waals surface area (Å²) in [5.41, 5.74) is -1.08. The third-order valence-corrected chi connectivity index (χ3v) is 5.24. The summed E-state index contributed by atoms with van der Waals surface area (Å²) in [4.78, 5) is 25.0. The second-order valence-corrected chi connectivity index (χ2v) is 8.72. The van der Waals surface area contributed by atoms with Gasteiger partial charge in [-0.1, -0.05) is 6.08 Å². The van der Waals surface area contributed by atoms with Crippen LogP contribution in [0.15, 0.2) is 24.8 Å². The van der Waals surface area contributed by atoms with Crippen molar-refractivity contribution in [3.63, 3.8) is 0 Å². The van der Waals surface area contributed by atoms with Gasteiger partial charge in [-0.15, -0.1) is 6.58 Å². The van der Waals surface area contributed by atoms with Crippen LogP contribution in [0, 0.1) is 11.3 Å². The van der Waals surface area contributed by atoms with E-state index in [0.29, 0.717) is 30.1 Å². The zero-order valence-electron chi connectivity index (χ0n) is 19.7. The van der Waals surface area contributed by atoms with Gasteiger partial charge >= 0.3 is 11.9 Å². The van der Waals surface area contributed by atoms with Crippen LogP contribution in [-0.2, 0) is 20.7 Å². The van der Waals surface area contributed by atoms with Crippen molar-refractivity contribution in [3.05, 3.63) is 30.4 Å². The molecule has 2 atom stereocenters. The highest BCUT2D eigenvalue weighted by Crippen LogP contribution is 2.40. The van der Waals surface area contributed by atoms with Gasteiger partial charge in [0.15, 0.2) is 11.5 Å². The molecule has 0 spiro atoms. The Kier molecular flexibility index (Phi) is 9.40. The number of carboxylic acids is 1. The molecule has 0 aliphatic carbocycles. The molecule has 0 fully saturated rings. The molecule has 7 nitrogen and oxygen atoms in total. The molecule has 0 aliphatic rings. The molecule has 7 heteroatoms. The van der Waals surface area contributed by atoms with Gasteiger partial charge in [0, 0.05) is 0 Å². The lowest BCUT2D eigenvalue weighted by Gasteiger charge is -2.34. The van der Waals surface area contributed by atoms with E-state index < -0.39 is 28.9 Å². The summed E-state index contributed by atoms with van der Waals surface area (Å²) in [6.45, 7) is 10.6. The average molecular weight is 437 g/mol. The van der Waals surface area contributed by atoms with Crippen LogP contribution >= 0.6 is 0 Å². The number of hydrogen-bond acceptors (Lipinski definition) is 6. The Hall–Kier alpha value is -2.70. The molecule has 0 bridgehead atoms. The third kappa shape index (κ3) is 6.91. The fraction of sp³-hybridized carbons (Fsp3) is 0.583. The maximum absolute atomic E-state index is 12.8. The Morgan fingerprint density at radius 3 is 2.00 bits per heavy atom. The highest BCUT2D eigenvalue weighted by Gasteiger charge is 2.46. The summed E-state index contributed by atoms with van der Waals surface area (Å²) in [6, 6.07) is 3.68. The summed E-state index contributed by atoms with van der Waals surface area (Å²) in [5.74, 6) is -0.811. The molecular weight excluding hydrogens is 400 g/mol. The van der Waals surface area contributed by atoms with Gasteiger partial charge < -0.3 is 24.1 Å². The van der Waals surface area contributed by atoms with E-state index in [9.17, 15) is 14.7 Å². The van der Waals surface area contributed by atoms with Crippen LogP contribution in [0.3, 0.4) is 0 Å². The van der Waals surface area contributed by atoms with Crippen LogP contribution in [0.4, 0.5) is 0 Å². The summed E-state index contributed by atoms with van der Waals surface area (Å²) < 4.78 is 21.6. The van der Waals surface area contributed by atoms with Crippen molar-refractivity contribution >= 4 is 11.9 Å². The largest absolute Gasteiger partial charge is 0.493 e. The van der Waals surface area contributed by atoms with E-state index in [2.05, 4.69) is 6.58 Å². The van der Waals surface area contributed by atoms with Gasteiger partial charge in [0.2, 0.25) is 5.75 Å². The number of esters is 1. The zero-order valence-corrected chi connectivity index (χ0v) is 19.7. The lowest BCUT2D eigenvalue weighted by Crippen LogP contribution is -2.43. The van der Waals surface area contributed by atoms with Crippen molar-refractivity contribution in [1.29, 1.82) is 0 Å². The Morgan fingerprint density at radius 1 is 1.06 bits per heavy atom. The number of carbonyl (C=O) groups excluding carboxylic acids is 1. The van der Waals surface area contributed by atoms with Gasteiger partial charge in [-0.3, -0.25) is 9.59 Å². The predicted octanol–water partition coefficient (Wildman–Crippen LogP) is 4.66. The van der Waals surface area contributed by atoms with E-state index in [1.54, 1.807) is 48.0 Å². The van der Waals surface area contributed by atoms with Crippen LogP contribution in [-0.4, -0.2) is 44.0 Å². The van der Waals surface area contributed by atoms with Crippen molar-refractivity contribution in [2.24, 2.45) is 11.3 Å². The highest BCUT2D eigenvalue weighted by atomic mass is 16.6. The standard InChI is InChI=1S/C24H36O7/c1-9-11-17(21(25)31-23(2,3)4)24(5,22(26)27)13-10-12-16-14-18(28-6)20(30-8)19(15-16)29-7/h9,14-15,17H,1,10-13H2,2-8H3,(H,26,27)/t17-,24?/m1/s1. The Morgan fingerprint density at radius 2 is 1.61 bits per heavy atom. The van der Waals surface area contributed by atoms with Crippen LogP contribution in [0.2, 0.25) is 0 Å². The molecular formula is C24H36O7. The minimum atomic E-state index is -1.29. The number of methoxy groups -OCH3 is 3. The molecule has 1 rings (SSSR count). The number of allylic oxidation sites excluding steroid dienone is 1. The third-order valence-electron chi connectivity index (χ3n) is 5.24. The molecule has 0 aliphatic heterocycles. The molecule has 0 saturated heterocycles. The van der Waals surface area contributed by atoms with E-state index >= 15 is 0 Å². The number of carbonyl (C=O) groups is 2. The van der Waals surface area contributed by atoms with Gasteiger partial charge in [0.1, 0.15) is 5.60 Å². The fourth-order valence-corrected chi connectivity index (χ4v) is 3.53. The second kappa shape index (κ2) is 11.1. The van der Waals surface area contributed by atoms with Gasteiger partial charge in [-0.05, 0) is 71.1 Å². The van der Waals surface area contributed by atoms with Crippen molar-refractivity contribution < 1.29 is 33.6 Å². The monoisotopic (exact) mass is 436 g/mol. The van der Waals surface area contributed by atoms with Gasteiger partial charge in [-0.25, -0.2) is 0 Å². The van der Waals surface area contributed by atoms with E-state index in [-0.39, 0.29) is 12.8 Å². The molecule has 1 N–H and O–H groups in total. The first-order chi connectivity index (χ1) is 14.4. The normalized spacial score (nSPS) is 14.2. The predicted molar refractivity (Wildman–Crippen MR) is 119 cm³/mol. The van der Waals surface area contributed by atoms with Gasteiger partial charge in [-0.2, -0.15) is 0 Å². The van der Waals surface area contributed by atoms with Crippen LogP contribution in [0.25, 0.3) is 0 Å². The number of aliphatic carboxylic acids is 1. The number of hydrogen-bond donors (Lipinski definition) is 1. The van der Waals surface area contributed by atoms with Crippen molar-refractivity contribution in [1.82, 2.24) is 0 Å².